The molecule has 0 bridgehead atoms. The summed E-state index contributed by atoms with van der Waals surface area (Å²) >= 11 is 0. The summed E-state index contributed by atoms with van der Waals surface area (Å²) in [6.45, 7) is 1.87. The van der Waals surface area contributed by atoms with E-state index in [0.717, 1.165) is 12.1 Å². The smallest absolute Gasteiger partial charge is 0.243 e. The van der Waals surface area contributed by atoms with Gasteiger partial charge in [-0.25, -0.2) is 17.5 Å². The number of carbonyl (C=O) groups is 1. The molecule has 0 radical (unpaired) electrons. The Hall–Kier alpha value is -1.51. The molecule has 1 amide bonds. The molecular weight excluding hydrogens is 273 g/mol. The van der Waals surface area contributed by atoms with Crippen LogP contribution < -0.4 is 15.4 Å². The van der Waals surface area contributed by atoms with Gasteiger partial charge < -0.3 is 10.6 Å². The number of benzene rings is 1. The third-order valence-electron chi connectivity index (χ3n) is 2.21. The lowest BCUT2D eigenvalue weighted by atomic mass is 10.3. The molecule has 8 heteroatoms. The van der Waals surface area contributed by atoms with Crippen LogP contribution in [0.5, 0.6) is 0 Å². The zero-order valence-electron chi connectivity index (χ0n) is 10.7. The number of sulfonamides is 1. The lowest BCUT2D eigenvalue weighted by Gasteiger charge is -2.09. The minimum atomic E-state index is -3.89. The van der Waals surface area contributed by atoms with Gasteiger partial charge in [-0.15, -0.1) is 0 Å². The van der Waals surface area contributed by atoms with Gasteiger partial charge in [0.05, 0.1) is 0 Å². The fourth-order valence-electron chi connectivity index (χ4n) is 1.39. The van der Waals surface area contributed by atoms with Crippen molar-refractivity contribution in [3.63, 3.8) is 0 Å². The second-order valence-electron chi connectivity index (χ2n) is 3.83. The first-order valence-electron chi connectivity index (χ1n) is 5.58. The lowest BCUT2D eigenvalue weighted by Crippen LogP contribution is -2.31. The molecule has 3 N–H and O–H groups in total. The third kappa shape index (κ3) is 4.58. The summed E-state index contributed by atoms with van der Waals surface area (Å²) in [6, 6.07) is 3.41. The Morgan fingerprint density at radius 1 is 1.32 bits per heavy atom. The first-order valence-corrected chi connectivity index (χ1v) is 7.06. The van der Waals surface area contributed by atoms with Crippen LogP contribution in [0.2, 0.25) is 0 Å². The number of likely N-dealkylation sites (N-methyl/N-ethyl adjacent to an activating group) is 1. The highest BCUT2D eigenvalue weighted by atomic mass is 32.2. The molecule has 0 aliphatic carbocycles. The second-order valence-corrected chi connectivity index (χ2v) is 5.56. The van der Waals surface area contributed by atoms with E-state index in [2.05, 4.69) is 15.4 Å². The van der Waals surface area contributed by atoms with E-state index in [0.29, 0.717) is 6.54 Å². The molecule has 0 saturated heterocycles. The monoisotopic (exact) mass is 289 g/mol. The van der Waals surface area contributed by atoms with Gasteiger partial charge in [-0.1, -0.05) is 0 Å². The summed E-state index contributed by atoms with van der Waals surface area (Å²) in [5.41, 5.74) is 0.208. The van der Waals surface area contributed by atoms with Crippen LogP contribution in [0.1, 0.15) is 6.92 Å². The Morgan fingerprint density at radius 2 is 2.00 bits per heavy atom. The van der Waals surface area contributed by atoms with E-state index in [9.17, 15) is 17.6 Å². The van der Waals surface area contributed by atoms with E-state index < -0.39 is 20.7 Å². The normalized spacial score (nSPS) is 11.3. The summed E-state index contributed by atoms with van der Waals surface area (Å²) in [7, 11) is -2.21. The van der Waals surface area contributed by atoms with Crippen LogP contribution in [0, 0.1) is 5.82 Å². The molecule has 0 spiro atoms. The number of hydrogen-bond acceptors (Lipinski definition) is 4. The lowest BCUT2D eigenvalue weighted by molar-refractivity contribution is -0.114. The van der Waals surface area contributed by atoms with Crippen molar-refractivity contribution in [1.82, 2.24) is 10.0 Å². The SMILES string of the molecule is CNCCNS(=O)(=O)c1ccc(NC(C)=O)cc1F. The Balaban J connectivity index is 2.92. The maximum atomic E-state index is 13.7. The number of nitrogens with one attached hydrogen (secondary N) is 3. The van der Waals surface area contributed by atoms with Crippen LogP contribution in [0.25, 0.3) is 0 Å². The van der Waals surface area contributed by atoms with Crippen molar-refractivity contribution in [2.24, 2.45) is 0 Å². The molecule has 0 aliphatic rings. The molecular formula is C11H16FN3O3S. The summed E-state index contributed by atoms with van der Waals surface area (Å²) in [5, 5.41) is 5.14. The van der Waals surface area contributed by atoms with Gasteiger partial charge in [0.1, 0.15) is 10.7 Å². The van der Waals surface area contributed by atoms with Crippen LogP contribution in [0.15, 0.2) is 23.1 Å². The second kappa shape index (κ2) is 6.60. The molecule has 19 heavy (non-hydrogen) atoms. The van der Waals surface area contributed by atoms with E-state index >= 15 is 0 Å². The zero-order valence-corrected chi connectivity index (χ0v) is 11.5. The van der Waals surface area contributed by atoms with Crippen LogP contribution >= 0.6 is 0 Å². The van der Waals surface area contributed by atoms with E-state index in [4.69, 9.17) is 0 Å². The Bertz CT molecular complexity index is 560. The van der Waals surface area contributed by atoms with Crippen LogP contribution in [0.4, 0.5) is 10.1 Å². The Morgan fingerprint density at radius 3 is 2.53 bits per heavy atom. The molecule has 6 nitrogen and oxygen atoms in total. The van der Waals surface area contributed by atoms with Crippen molar-refractivity contribution in [2.75, 3.05) is 25.5 Å². The highest BCUT2D eigenvalue weighted by Gasteiger charge is 2.18. The molecule has 0 atom stereocenters. The minimum absolute atomic E-state index is 0.158. The van der Waals surface area contributed by atoms with Crippen molar-refractivity contribution >= 4 is 21.6 Å². The van der Waals surface area contributed by atoms with Gasteiger partial charge in [0.2, 0.25) is 15.9 Å². The van der Waals surface area contributed by atoms with Crippen LogP contribution in [-0.4, -0.2) is 34.5 Å². The maximum absolute atomic E-state index is 13.7. The fourth-order valence-corrected chi connectivity index (χ4v) is 2.48. The highest BCUT2D eigenvalue weighted by molar-refractivity contribution is 7.89. The van der Waals surface area contributed by atoms with E-state index in [-0.39, 0.29) is 18.1 Å². The van der Waals surface area contributed by atoms with Gasteiger partial charge >= 0.3 is 0 Å². The van der Waals surface area contributed by atoms with Crippen molar-refractivity contribution in [1.29, 1.82) is 0 Å². The third-order valence-corrected chi connectivity index (χ3v) is 3.70. The van der Waals surface area contributed by atoms with Crippen molar-refractivity contribution < 1.29 is 17.6 Å². The zero-order chi connectivity index (χ0) is 14.5. The van der Waals surface area contributed by atoms with Crippen molar-refractivity contribution in [3.05, 3.63) is 24.0 Å². The summed E-state index contributed by atoms with van der Waals surface area (Å²) < 4.78 is 39.6. The molecule has 0 saturated carbocycles. The molecule has 0 aromatic heterocycles. The maximum Gasteiger partial charge on any atom is 0.243 e. The molecule has 106 valence electrons. The van der Waals surface area contributed by atoms with E-state index in [1.165, 1.54) is 13.0 Å². The topological polar surface area (TPSA) is 87.3 Å². The molecule has 1 rings (SSSR count). The van der Waals surface area contributed by atoms with Gasteiger partial charge in [-0.05, 0) is 25.2 Å². The standard InChI is InChI=1S/C11H16FN3O3S/c1-8(16)15-9-3-4-11(10(12)7-9)19(17,18)14-6-5-13-2/h3-4,7,13-14H,5-6H2,1-2H3,(H,15,16). The number of rotatable bonds is 6. The predicted octanol–water partition coefficient (Wildman–Crippen LogP) is 0.282. The van der Waals surface area contributed by atoms with Crippen molar-refractivity contribution in [3.8, 4) is 0 Å². The molecule has 0 fully saturated rings. The van der Waals surface area contributed by atoms with Crippen LogP contribution in [-0.2, 0) is 14.8 Å². The van der Waals surface area contributed by atoms with E-state index in [1.54, 1.807) is 7.05 Å². The van der Waals surface area contributed by atoms with Gasteiger partial charge in [0, 0.05) is 25.7 Å². The molecule has 1 aromatic carbocycles. The van der Waals surface area contributed by atoms with Gasteiger partial charge in [0.25, 0.3) is 0 Å². The Kier molecular flexibility index (Phi) is 5.40. The highest BCUT2D eigenvalue weighted by Crippen LogP contribution is 2.18. The number of carbonyl (C=O) groups excluding carboxylic acids is 1. The average molecular weight is 289 g/mol. The molecule has 0 unspecified atom stereocenters. The average Bonchev–Trinajstić information content (AvgIpc) is 2.27. The van der Waals surface area contributed by atoms with Gasteiger partial charge in [0.15, 0.2) is 0 Å². The molecule has 1 aromatic rings. The van der Waals surface area contributed by atoms with Gasteiger partial charge in [-0.3, -0.25) is 4.79 Å². The first kappa shape index (κ1) is 15.5. The number of hydrogen-bond donors (Lipinski definition) is 3. The fraction of sp³-hybridized carbons (Fsp3) is 0.364. The quantitative estimate of drug-likeness (QED) is 0.657. The van der Waals surface area contributed by atoms with Gasteiger partial charge in [-0.2, -0.15) is 0 Å². The summed E-state index contributed by atoms with van der Waals surface area (Å²) in [4.78, 5) is 10.4. The molecule has 0 aliphatic heterocycles. The van der Waals surface area contributed by atoms with Crippen LogP contribution in [0.3, 0.4) is 0 Å². The van der Waals surface area contributed by atoms with Crippen molar-refractivity contribution in [2.45, 2.75) is 11.8 Å². The number of anilines is 1. The Labute approximate surface area is 111 Å². The predicted molar refractivity (Wildman–Crippen MR) is 69.8 cm³/mol. The summed E-state index contributed by atoms with van der Waals surface area (Å²) in [5.74, 6) is -1.27. The molecule has 0 heterocycles. The number of amides is 1. The van der Waals surface area contributed by atoms with E-state index in [1.807, 2.05) is 0 Å². The number of halogens is 1. The largest absolute Gasteiger partial charge is 0.326 e. The minimum Gasteiger partial charge on any atom is -0.326 e. The summed E-state index contributed by atoms with van der Waals surface area (Å²) in [6.07, 6.45) is 0. The first-order chi connectivity index (χ1) is 8.86.